The van der Waals surface area contributed by atoms with Gasteiger partial charge in [-0.25, -0.2) is 0 Å². The third kappa shape index (κ3) is 2.93. The molecule has 0 aromatic carbocycles. The molecule has 2 aliphatic heterocycles. The fraction of sp³-hybridized carbons (Fsp3) is 1.00. The summed E-state index contributed by atoms with van der Waals surface area (Å²) in [5, 5.41) is 0. The fourth-order valence-corrected chi connectivity index (χ4v) is 4.42. The zero-order valence-corrected chi connectivity index (χ0v) is 11.2. The topological polar surface area (TPSA) is 29.3 Å². The summed E-state index contributed by atoms with van der Waals surface area (Å²) in [5.41, 5.74) is 6.45. The zero-order chi connectivity index (χ0) is 11.3. The van der Waals surface area contributed by atoms with Gasteiger partial charge in [0.1, 0.15) is 0 Å². The van der Waals surface area contributed by atoms with Gasteiger partial charge in [-0.2, -0.15) is 11.8 Å². The van der Waals surface area contributed by atoms with Crippen molar-refractivity contribution < 1.29 is 0 Å². The summed E-state index contributed by atoms with van der Waals surface area (Å²) < 4.78 is 0. The van der Waals surface area contributed by atoms with Crippen molar-refractivity contribution in [1.29, 1.82) is 0 Å². The van der Waals surface area contributed by atoms with Crippen molar-refractivity contribution in [1.82, 2.24) is 4.90 Å². The first-order valence-electron chi connectivity index (χ1n) is 6.90. The Bertz CT molecular complexity index is 194. The lowest BCUT2D eigenvalue weighted by Crippen LogP contribution is -2.57. The van der Waals surface area contributed by atoms with Gasteiger partial charge in [0, 0.05) is 17.8 Å². The van der Waals surface area contributed by atoms with E-state index in [0.29, 0.717) is 5.54 Å². The van der Waals surface area contributed by atoms with E-state index < -0.39 is 0 Å². The largest absolute Gasteiger partial charge is 0.329 e. The summed E-state index contributed by atoms with van der Waals surface area (Å²) in [4.78, 5) is 2.73. The first-order chi connectivity index (χ1) is 7.87. The molecule has 1 atom stereocenters. The molecule has 16 heavy (non-hydrogen) atoms. The van der Waals surface area contributed by atoms with Crippen molar-refractivity contribution in [3.05, 3.63) is 0 Å². The maximum Gasteiger partial charge on any atom is 0.0422 e. The SMILES string of the molecule is NCC1(N2CCCCCCC2)CCCSC1. The minimum absolute atomic E-state index is 0.347. The van der Waals surface area contributed by atoms with Gasteiger partial charge < -0.3 is 5.73 Å². The number of hydrogen-bond acceptors (Lipinski definition) is 3. The van der Waals surface area contributed by atoms with Crippen LogP contribution in [0.1, 0.15) is 44.9 Å². The van der Waals surface area contributed by atoms with E-state index in [1.807, 2.05) is 0 Å². The van der Waals surface area contributed by atoms with Crippen LogP contribution in [0.25, 0.3) is 0 Å². The van der Waals surface area contributed by atoms with Gasteiger partial charge in [-0.1, -0.05) is 19.3 Å². The van der Waals surface area contributed by atoms with Gasteiger partial charge in [0.2, 0.25) is 0 Å². The van der Waals surface area contributed by atoms with Crippen LogP contribution in [0.5, 0.6) is 0 Å². The van der Waals surface area contributed by atoms with Gasteiger partial charge in [0.25, 0.3) is 0 Å². The van der Waals surface area contributed by atoms with Crippen molar-refractivity contribution in [2.24, 2.45) is 5.73 Å². The molecule has 0 amide bonds. The second-order valence-corrected chi connectivity index (χ2v) is 6.44. The van der Waals surface area contributed by atoms with Crippen LogP contribution >= 0.6 is 11.8 Å². The lowest BCUT2D eigenvalue weighted by molar-refractivity contribution is 0.0922. The molecule has 0 aliphatic carbocycles. The summed E-state index contributed by atoms with van der Waals surface area (Å²) in [5.74, 6) is 2.61. The third-order valence-corrected chi connectivity index (χ3v) is 5.53. The standard InChI is InChI=1S/C13H26N2S/c14-11-13(7-6-10-16-12-13)15-8-4-2-1-3-5-9-15/h1-12,14H2. The van der Waals surface area contributed by atoms with Crippen molar-refractivity contribution in [2.45, 2.75) is 50.5 Å². The summed E-state index contributed by atoms with van der Waals surface area (Å²) in [6.07, 6.45) is 9.74. The Morgan fingerprint density at radius 2 is 1.69 bits per heavy atom. The molecule has 2 aliphatic rings. The Morgan fingerprint density at radius 3 is 2.25 bits per heavy atom. The molecule has 0 saturated carbocycles. The number of thioether (sulfide) groups is 1. The molecule has 0 aromatic rings. The van der Waals surface area contributed by atoms with Crippen LogP contribution < -0.4 is 5.73 Å². The Hall–Kier alpha value is 0.270. The zero-order valence-electron chi connectivity index (χ0n) is 10.4. The van der Waals surface area contributed by atoms with Crippen LogP contribution in [0.3, 0.4) is 0 Å². The van der Waals surface area contributed by atoms with Crippen molar-refractivity contribution >= 4 is 11.8 Å². The van der Waals surface area contributed by atoms with Crippen molar-refractivity contribution in [3.8, 4) is 0 Å². The van der Waals surface area contributed by atoms with Crippen molar-refractivity contribution in [3.63, 3.8) is 0 Å². The molecule has 0 bridgehead atoms. The average molecular weight is 242 g/mol. The second kappa shape index (κ2) is 6.27. The van der Waals surface area contributed by atoms with E-state index >= 15 is 0 Å². The molecule has 0 radical (unpaired) electrons. The van der Waals surface area contributed by atoms with E-state index in [0.717, 1.165) is 6.54 Å². The van der Waals surface area contributed by atoms with Crippen LogP contribution in [0.4, 0.5) is 0 Å². The van der Waals surface area contributed by atoms with E-state index in [1.54, 1.807) is 0 Å². The highest BCUT2D eigenvalue weighted by molar-refractivity contribution is 7.99. The van der Waals surface area contributed by atoms with E-state index in [-0.39, 0.29) is 0 Å². The molecule has 2 saturated heterocycles. The lowest BCUT2D eigenvalue weighted by Gasteiger charge is -2.46. The Kier molecular flexibility index (Phi) is 4.98. The Balaban J connectivity index is 1.99. The molecular weight excluding hydrogens is 216 g/mol. The molecule has 0 aromatic heterocycles. The van der Waals surface area contributed by atoms with Crippen LogP contribution in [-0.4, -0.2) is 41.6 Å². The predicted molar refractivity (Wildman–Crippen MR) is 73.0 cm³/mol. The normalized spacial score (nSPS) is 34.3. The Labute approximate surface area is 104 Å². The molecule has 2 N–H and O–H groups in total. The minimum Gasteiger partial charge on any atom is -0.329 e. The molecule has 2 rings (SSSR count). The molecule has 3 heteroatoms. The maximum absolute atomic E-state index is 6.10. The average Bonchev–Trinajstić information content (AvgIpc) is 2.29. The number of likely N-dealkylation sites (tertiary alicyclic amines) is 1. The van der Waals surface area contributed by atoms with Gasteiger partial charge >= 0.3 is 0 Å². The molecule has 2 heterocycles. The molecule has 2 nitrogen and oxygen atoms in total. The van der Waals surface area contributed by atoms with Gasteiger partial charge in [-0.3, -0.25) is 4.90 Å². The molecule has 0 spiro atoms. The van der Waals surface area contributed by atoms with Gasteiger partial charge in [-0.15, -0.1) is 0 Å². The van der Waals surface area contributed by atoms with E-state index in [2.05, 4.69) is 16.7 Å². The number of rotatable bonds is 2. The number of nitrogens with two attached hydrogens (primary N) is 1. The van der Waals surface area contributed by atoms with Gasteiger partial charge in [0.05, 0.1) is 0 Å². The molecule has 1 unspecified atom stereocenters. The summed E-state index contributed by atoms with van der Waals surface area (Å²) in [6.45, 7) is 3.44. The van der Waals surface area contributed by atoms with Gasteiger partial charge in [0.15, 0.2) is 0 Å². The highest BCUT2D eigenvalue weighted by Gasteiger charge is 2.36. The minimum atomic E-state index is 0.347. The van der Waals surface area contributed by atoms with Gasteiger partial charge in [-0.05, 0) is 44.5 Å². The van der Waals surface area contributed by atoms with Crippen LogP contribution in [0.15, 0.2) is 0 Å². The fourth-order valence-electron chi connectivity index (χ4n) is 3.10. The first kappa shape index (κ1) is 12.7. The van der Waals surface area contributed by atoms with Crippen LogP contribution in [0.2, 0.25) is 0 Å². The smallest absolute Gasteiger partial charge is 0.0422 e. The van der Waals surface area contributed by atoms with E-state index in [4.69, 9.17) is 5.73 Å². The second-order valence-electron chi connectivity index (χ2n) is 5.34. The molecule has 94 valence electrons. The monoisotopic (exact) mass is 242 g/mol. The quantitative estimate of drug-likeness (QED) is 0.806. The lowest BCUT2D eigenvalue weighted by atomic mass is 9.91. The summed E-state index contributed by atoms with van der Waals surface area (Å²) >= 11 is 2.11. The van der Waals surface area contributed by atoms with E-state index in [9.17, 15) is 0 Å². The number of nitrogens with zero attached hydrogens (tertiary/aromatic N) is 1. The maximum atomic E-state index is 6.10. The highest BCUT2D eigenvalue weighted by Crippen LogP contribution is 2.32. The summed E-state index contributed by atoms with van der Waals surface area (Å²) in [7, 11) is 0. The Morgan fingerprint density at radius 1 is 1.00 bits per heavy atom. The summed E-state index contributed by atoms with van der Waals surface area (Å²) in [6, 6.07) is 0. The molecule has 2 fully saturated rings. The number of hydrogen-bond donors (Lipinski definition) is 1. The van der Waals surface area contributed by atoms with Crippen LogP contribution in [-0.2, 0) is 0 Å². The van der Waals surface area contributed by atoms with Crippen LogP contribution in [0, 0.1) is 0 Å². The third-order valence-electron chi connectivity index (χ3n) is 4.21. The predicted octanol–water partition coefficient (Wildman–Crippen LogP) is 2.48. The highest BCUT2D eigenvalue weighted by atomic mass is 32.2. The molecular formula is C13H26N2S. The first-order valence-corrected chi connectivity index (χ1v) is 8.06. The van der Waals surface area contributed by atoms with E-state index in [1.165, 1.54) is 69.5 Å². The van der Waals surface area contributed by atoms with Crippen molar-refractivity contribution in [2.75, 3.05) is 31.1 Å².